The Morgan fingerprint density at radius 1 is 0.319 bits per heavy atom. The van der Waals surface area contributed by atoms with Gasteiger partial charge in [0.15, 0.2) is 17.5 Å². The molecule has 0 atom stereocenters. The molecule has 2 heterocycles. The van der Waals surface area contributed by atoms with E-state index in [0.717, 1.165) is 44.4 Å². The van der Waals surface area contributed by atoms with E-state index in [9.17, 15) is 0 Å². The van der Waals surface area contributed by atoms with Gasteiger partial charge in [0.05, 0.1) is 11.0 Å². The first-order valence-electron chi connectivity index (χ1n) is 15.8. The summed E-state index contributed by atoms with van der Waals surface area (Å²) in [6.45, 7) is 0. The molecule has 0 aliphatic heterocycles. The van der Waals surface area contributed by atoms with Crippen LogP contribution in [0.3, 0.4) is 0 Å². The van der Waals surface area contributed by atoms with Crippen molar-refractivity contribution >= 4 is 32.6 Å². The lowest BCUT2D eigenvalue weighted by Gasteiger charge is -2.11. The second-order valence-corrected chi connectivity index (χ2v) is 11.7. The minimum absolute atomic E-state index is 0.644. The van der Waals surface area contributed by atoms with E-state index < -0.39 is 0 Å². The highest BCUT2D eigenvalue weighted by atomic mass is 15.0. The Morgan fingerprint density at radius 2 is 0.830 bits per heavy atom. The van der Waals surface area contributed by atoms with Crippen molar-refractivity contribution in [3.05, 3.63) is 170 Å². The van der Waals surface area contributed by atoms with E-state index in [-0.39, 0.29) is 0 Å². The monoisotopic (exact) mass is 600 g/mol. The fourth-order valence-corrected chi connectivity index (χ4v) is 6.50. The third-order valence-corrected chi connectivity index (χ3v) is 8.84. The average molecular weight is 601 g/mol. The molecule has 0 N–H and O–H groups in total. The molecule has 0 fully saturated rings. The van der Waals surface area contributed by atoms with E-state index in [4.69, 9.17) is 15.0 Å². The van der Waals surface area contributed by atoms with Crippen LogP contribution in [0.2, 0.25) is 0 Å². The van der Waals surface area contributed by atoms with Gasteiger partial charge in [0, 0.05) is 33.2 Å². The third kappa shape index (κ3) is 4.84. The quantitative estimate of drug-likeness (QED) is 0.197. The number of rotatable bonds is 5. The molecule has 0 amide bonds. The summed E-state index contributed by atoms with van der Waals surface area (Å²) in [7, 11) is 0. The Labute approximate surface area is 272 Å². The van der Waals surface area contributed by atoms with Crippen LogP contribution in [0.4, 0.5) is 0 Å². The van der Waals surface area contributed by atoms with Gasteiger partial charge in [-0.1, -0.05) is 133 Å². The largest absolute Gasteiger partial charge is 0.309 e. The Bertz CT molecular complexity index is 2550. The molecule has 7 aromatic carbocycles. The van der Waals surface area contributed by atoms with Crippen LogP contribution in [-0.4, -0.2) is 19.5 Å². The molecule has 220 valence electrons. The Hall–Kier alpha value is -6.39. The standard InChI is InChI=1S/C43H28N4/c1-3-11-29(12-4-1)31-19-21-33(22-20-31)42-44-41(32-14-5-2-6-15-32)45-43(46-42)35-24-26-40-38(28-35)37-17-9-10-18-39(37)47(40)36-25-23-30-13-7-8-16-34(30)27-36/h1-28H. The van der Waals surface area contributed by atoms with Crippen LogP contribution in [0.1, 0.15) is 0 Å². The smallest absolute Gasteiger partial charge is 0.164 e. The molecular formula is C43H28N4. The molecule has 0 aliphatic carbocycles. The molecule has 47 heavy (non-hydrogen) atoms. The van der Waals surface area contributed by atoms with Gasteiger partial charge in [0.1, 0.15) is 0 Å². The lowest BCUT2D eigenvalue weighted by molar-refractivity contribution is 1.07. The molecule has 9 aromatic rings. The van der Waals surface area contributed by atoms with E-state index in [2.05, 4.69) is 138 Å². The van der Waals surface area contributed by atoms with Gasteiger partial charge in [-0.2, -0.15) is 0 Å². The molecule has 4 nitrogen and oxygen atoms in total. The number of nitrogens with zero attached hydrogens (tertiary/aromatic N) is 4. The van der Waals surface area contributed by atoms with Crippen LogP contribution in [0, 0.1) is 0 Å². The number of aromatic nitrogens is 4. The molecule has 0 saturated heterocycles. The van der Waals surface area contributed by atoms with E-state index in [1.54, 1.807) is 0 Å². The predicted molar refractivity (Wildman–Crippen MR) is 193 cm³/mol. The second-order valence-electron chi connectivity index (χ2n) is 11.7. The fraction of sp³-hybridized carbons (Fsp3) is 0. The van der Waals surface area contributed by atoms with Crippen molar-refractivity contribution in [3.63, 3.8) is 0 Å². The third-order valence-electron chi connectivity index (χ3n) is 8.84. The first-order valence-corrected chi connectivity index (χ1v) is 15.8. The maximum Gasteiger partial charge on any atom is 0.164 e. The van der Waals surface area contributed by atoms with Gasteiger partial charge in [0.25, 0.3) is 0 Å². The van der Waals surface area contributed by atoms with Crippen molar-refractivity contribution < 1.29 is 0 Å². The van der Waals surface area contributed by atoms with Crippen molar-refractivity contribution in [3.8, 4) is 51.0 Å². The van der Waals surface area contributed by atoms with Crippen LogP contribution in [0.25, 0.3) is 83.6 Å². The van der Waals surface area contributed by atoms with E-state index in [0.29, 0.717) is 17.5 Å². The van der Waals surface area contributed by atoms with Gasteiger partial charge in [0.2, 0.25) is 0 Å². The van der Waals surface area contributed by atoms with Crippen LogP contribution >= 0.6 is 0 Å². The lowest BCUT2D eigenvalue weighted by atomic mass is 10.0. The van der Waals surface area contributed by atoms with Gasteiger partial charge in [-0.25, -0.2) is 15.0 Å². The summed E-state index contributed by atoms with van der Waals surface area (Å²) < 4.78 is 2.35. The Morgan fingerprint density at radius 3 is 1.57 bits per heavy atom. The SMILES string of the molecule is c1ccc(-c2ccc(-c3nc(-c4ccccc4)nc(-c4ccc5c(c4)c4ccccc4n5-c4ccc5ccccc5c4)n3)cc2)cc1. The summed E-state index contributed by atoms with van der Waals surface area (Å²) in [5, 5.41) is 4.79. The van der Waals surface area contributed by atoms with Gasteiger partial charge in [-0.05, 0) is 58.3 Å². The van der Waals surface area contributed by atoms with Crippen LogP contribution in [-0.2, 0) is 0 Å². The van der Waals surface area contributed by atoms with Crippen molar-refractivity contribution in [1.82, 2.24) is 19.5 Å². The highest BCUT2D eigenvalue weighted by Crippen LogP contribution is 2.36. The fourth-order valence-electron chi connectivity index (χ4n) is 6.50. The van der Waals surface area contributed by atoms with E-state index >= 15 is 0 Å². The highest BCUT2D eigenvalue weighted by Gasteiger charge is 2.17. The van der Waals surface area contributed by atoms with Crippen molar-refractivity contribution in [1.29, 1.82) is 0 Å². The summed E-state index contributed by atoms with van der Waals surface area (Å²) in [4.78, 5) is 15.0. The van der Waals surface area contributed by atoms with Gasteiger partial charge in [-0.15, -0.1) is 0 Å². The van der Waals surface area contributed by atoms with Crippen molar-refractivity contribution in [2.75, 3.05) is 0 Å². The summed E-state index contributed by atoms with van der Waals surface area (Å²) in [6, 6.07) is 59.3. The van der Waals surface area contributed by atoms with Crippen LogP contribution in [0.5, 0.6) is 0 Å². The molecule has 4 heteroatoms. The summed E-state index contributed by atoms with van der Waals surface area (Å²) in [6.07, 6.45) is 0. The van der Waals surface area contributed by atoms with Crippen molar-refractivity contribution in [2.24, 2.45) is 0 Å². The minimum atomic E-state index is 0.644. The number of para-hydroxylation sites is 1. The zero-order valence-corrected chi connectivity index (χ0v) is 25.5. The molecule has 0 aliphatic rings. The maximum absolute atomic E-state index is 5.06. The summed E-state index contributed by atoms with van der Waals surface area (Å²) >= 11 is 0. The topological polar surface area (TPSA) is 43.6 Å². The number of fused-ring (bicyclic) bond motifs is 4. The van der Waals surface area contributed by atoms with E-state index in [1.807, 2.05) is 36.4 Å². The summed E-state index contributed by atoms with van der Waals surface area (Å²) in [5.41, 5.74) is 8.61. The number of hydrogen-bond donors (Lipinski definition) is 0. The first kappa shape index (κ1) is 27.0. The average Bonchev–Trinajstić information content (AvgIpc) is 3.49. The molecule has 0 radical (unpaired) electrons. The Kier molecular flexibility index (Phi) is 6.43. The minimum Gasteiger partial charge on any atom is -0.309 e. The highest BCUT2D eigenvalue weighted by molar-refractivity contribution is 6.10. The molecule has 0 spiro atoms. The first-order chi connectivity index (χ1) is 23.3. The van der Waals surface area contributed by atoms with Gasteiger partial charge < -0.3 is 4.57 Å². The van der Waals surface area contributed by atoms with Gasteiger partial charge >= 0.3 is 0 Å². The predicted octanol–water partition coefficient (Wildman–Crippen LogP) is 10.8. The molecule has 0 unspecified atom stereocenters. The summed E-state index contributed by atoms with van der Waals surface area (Å²) in [5.74, 6) is 1.94. The lowest BCUT2D eigenvalue weighted by Crippen LogP contribution is -2.00. The molecule has 0 bridgehead atoms. The van der Waals surface area contributed by atoms with Gasteiger partial charge in [-0.3, -0.25) is 0 Å². The zero-order chi connectivity index (χ0) is 31.2. The normalized spacial score (nSPS) is 11.4. The van der Waals surface area contributed by atoms with Crippen LogP contribution < -0.4 is 0 Å². The molecule has 0 saturated carbocycles. The van der Waals surface area contributed by atoms with E-state index in [1.165, 1.54) is 21.7 Å². The second kappa shape index (κ2) is 11.2. The molecular weight excluding hydrogens is 573 g/mol. The van der Waals surface area contributed by atoms with Crippen molar-refractivity contribution in [2.45, 2.75) is 0 Å². The maximum atomic E-state index is 5.06. The zero-order valence-electron chi connectivity index (χ0n) is 25.5. The number of hydrogen-bond acceptors (Lipinski definition) is 3. The number of benzene rings is 7. The molecule has 2 aromatic heterocycles. The Balaban J connectivity index is 1.20. The van der Waals surface area contributed by atoms with Crippen LogP contribution in [0.15, 0.2) is 170 Å². The molecule has 9 rings (SSSR count).